The third-order valence-electron chi connectivity index (χ3n) is 3.32. The van der Waals surface area contributed by atoms with E-state index in [1.807, 2.05) is 6.92 Å². The average molecular weight is 478 g/mol. The van der Waals surface area contributed by atoms with Crippen molar-refractivity contribution in [2.45, 2.75) is 58.5 Å². The Hall–Kier alpha value is -0.130. The van der Waals surface area contributed by atoms with Gasteiger partial charge in [0.05, 0.1) is 18.4 Å². The molecule has 0 radical (unpaired) electrons. The summed E-state index contributed by atoms with van der Waals surface area (Å²) in [5.74, 6) is 0.650. The van der Waals surface area contributed by atoms with Crippen LogP contribution in [0.25, 0.3) is 0 Å². The van der Waals surface area contributed by atoms with Crippen LogP contribution in [0.4, 0.5) is 0 Å². The lowest BCUT2D eigenvalue weighted by Crippen LogP contribution is -2.41. The van der Waals surface area contributed by atoms with Gasteiger partial charge in [-0.25, -0.2) is 13.1 Å². The Balaban J connectivity index is 0. The zero-order chi connectivity index (χ0) is 17.8. The molecule has 0 fully saturated rings. The second kappa shape index (κ2) is 14.1. The highest BCUT2D eigenvalue weighted by Gasteiger charge is 2.24. The van der Waals surface area contributed by atoms with Crippen molar-refractivity contribution in [3.8, 4) is 0 Å². The van der Waals surface area contributed by atoms with Gasteiger partial charge in [-0.15, -0.1) is 24.0 Å². The number of guanidine groups is 1. The zero-order valence-corrected chi connectivity index (χ0v) is 18.5. The molecule has 0 aliphatic heterocycles. The summed E-state index contributed by atoms with van der Waals surface area (Å²) in [6, 6.07) is 0. The van der Waals surface area contributed by atoms with Crippen molar-refractivity contribution in [1.82, 2.24) is 15.4 Å². The van der Waals surface area contributed by atoms with Crippen LogP contribution in [-0.2, 0) is 10.0 Å². The maximum absolute atomic E-state index is 11.0. The van der Waals surface area contributed by atoms with Crippen LogP contribution in [0.3, 0.4) is 0 Å². The quantitative estimate of drug-likeness (QED) is 0.147. The monoisotopic (exact) mass is 478 g/mol. The highest BCUT2D eigenvalue weighted by atomic mass is 127. The standard InChI is InChI=1S/C15H34N4O3S.HI/c1-5-9-15(20,10-6-2)13-18-14(16-7-3)17-11-8-12-19-23(4,21)22;/h19-20H,5-13H2,1-4H3,(H2,16,17,18);1H. The number of hydrogen-bond acceptors (Lipinski definition) is 4. The summed E-state index contributed by atoms with van der Waals surface area (Å²) < 4.78 is 24.4. The van der Waals surface area contributed by atoms with E-state index < -0.39 is 15.6 Å². The molecule has 0 saturated carbocycles. The Kier molecular flexibility index (Phi) is 15.3. The number of nitrogens with zero attached hydrogens (tertiary/aromatic N) is 1. The molecule has 146 valence electrons. The molecule has 9 heteroatoms. The highest BCUT2D eigenvalue weighted by molar-refractivity contribution is 14.0. The first-order valence-electron chi connectivity index (χ1n) is 8.45. The third kappa shape index (κ3) is 14.2. The van der Waals surface area contributed by atoms with Gasteiger partial charge in [0, 0.05) is 19.6 Å². The van der Waals surface area contributed by atoms with E-state index in [4.69, 9.17) is 0 Å². The van der Waals surface area contributed by atoms with E-state index in [0.717, 1.165) is 38.5 Å². The molecule has 0 spiro atoms. The Bertz CT molecular complexity index is 438. The number of hydrogen-bond donors (Lipinski definition) is 4. The number of halogens is 1. The lowest BCUT2D eigenvalue weighted by Gasteiger charge is -2.26. The maximum Gasteiger partial charge on any atom is 0.208 e. The van der Waals surface area contributed by atoms with E-state index >= 15 is 0 Å². The normalized spacial score (nSPS) is 12.6. The van der Waals surface area contributed by atoms with Crippen molar-refractivity contribution in [2.75, 3.05) is 32.4 Å². The minimum absolute atomic E-state index is 0. The molecule has 0 aliphatic carbocycles. The van der Waals surface area contributed by atoms with Crippen molar-refractivity contribution in [2.24, 2.45) is 4.99 Å². The first kappa shape index (κ1) is 26.1. The van der Waals surface area contributed by atoms with Crippen LogP contribution in [-0.4, -0.2) is 57.5 Å². The van der Waals surface area contributed by atoms with E-state index in [1.165, 1.54) is 0 Å². The van der Waals surface area contributed by atoms with Crippen LogP contribution in [0.2, 0.25) is 0 Å². The molecule has 0 aliphatic rings. The van der Waals surface area contributed by atoms with Gasteiger partial charge < -0.3 is 15.7 Å². The van der Waals surface area contributed by atoms with Crippen LogP contribution in [0.5, 0.6) is 0 Å². The lowest BCUT2D eigenvalue weighted by molar-refractivity contribution is 0.0306. The van der Waals surface area contributed by atoms with E-state index in [9.17, 15) is 13.5 Å². The second-order valence-corrected chi connectivity index (χ2v) is 7.70. The number of nitrogens with one attached hydrogen (secondary N) is 3. The van der Waals surface area contributed by atoms with Crippen molar-refractivity contribution in [1.29, 1.82) is 0 Å². The SMILES string of the molecule is CCCC(O)(CCC)CN=C(NCC)NCCCNS(C)(=O)=O.I. The first-order chi connectivity index (χ1) is 10.8. The van der Waals surface area contributed by atoms with Crippen LogP contribution < -0.4 is 15.4 Å². The van der Waals surface area contributed by atoms with Gasteiger partial charge in [0.1, 0.15) is 0 Å². The molecule has 0 amide bonds. The van der Waals surface area contributed by atoms with Gasteiger partial charge in [0.2, 0.25) is 10.0 Å². The Morgan fingerprint density at radius 2 is 1.67 bits per heavy atom. The summed E-state index contributed by atoms with van der Waals surface area (Å²) in [6.45, 7) is 8.19. The third-order valence-corrected chi connectivity index (χ3v) is 4.05. The molecule has 0 unspecified atom stereocenters. The smallest absolute Gasteiger partial charge is 0.208 e. The predicted octanol–water partition coefficient (Wildman–Crippen LogP) is 1.43. The number of rotatable bonds is 12. The van der Waals surface area contributed by atoms with Crippen LogP contribution >= 0.6 is 24.0 Å². The van der Waals surface area contributed by atoms with E-state index in [1.54, 1.807) is 0 Å². The second-order valence-electron chi connectivity index (χ2n) is 5.87. The molecule has 0 rings (SSSR count). The maximum atomic E-state index is 11.0. The molecule has 0 aromatic heterocycles. The molecule has 7 nitrogen and oxygen atoms in total. The average Bonchev–Trinajstić information content (AvgIpc) is 2.43. The minimum atomic E-state index is -3.13. The summed E-state index contributed by atoms with van der Waals surface area (Å²) in [4.78, 5) is 4.47. The Morgan fingerprint density at radius 1 is 1.08 bits per heavy atom. The predicted molar refractivity (Wildman–Crippen MR) is 112 cm³/mol. The van der Waals surface area contributed by atoms with Gasteiger partial charge in [0.15, 0.2) is 5.96 Å². The van der Waals surface area contributed by atoms with Crippen LogP contribution in [0.1, 0.15) is 52.9 Å². The van der Waals surface area contributed by atoms with E-state index in [0.29, 0.717) is 32.0 Å². The molecule has 0 heterocycles. The fourth-order valence-electron chi connectivity index (χ4n) is 2.33. The molecule has 4 N–H and O–H groups in total. The zero-order valence-electron chi connectivity index (χ0n) is 15.4. The van der Waals surface area contributed by atoms with Gasteiger partial charge >= 0.3 is 0 Å². The molecular formula is C15H35IN4O3S. The van der Waals surface area contributed by atoms with E-state index in [-0.39, 0.29) is 24.0 Å². The topological polar surface area (TPSA) is 103 Å². The first-order valence-corrected chi connectivity index (χ1v) is 10.3. The van der Waals surface area contributed by atoms with Crippen molar-refractivity contribution in [3.63, 3.8) is 0 Å². The largest absolute Gasteiger partial charge is 0.388 e. The summed E-state index contributed by atoms with van der Waals surface area (Å²) in [5.41, 5.74) is -0.746. The lowest BCUT2D eigenvalue weighted by atomic mass is 9.93. The highest BCUT2D eigenvalue weighted by Crippen LogP contribution is 2.19. The fraction of sp³-hybridized carbons (Fsp3) is 0.933. The van der Waals surface area contributed by atoms with Crippen LogP contribution in [0.15, 0.2) is 4.99 Å². The van der Waals surface area contributed by atoms with Crippen molar-refractivity contribution < 1.29 is 13.5 Å². The molecule has 0 saturated heterocycles. The summed E-state index contributed by atoms with van der Waals surface area (Å²) >= 11 is 0. The van der Waals surface area contributed by atoms with Crippen molar-refractivity contribution >= 4 is 40.0 Å². The Labute approximate surface area is 164 Å². The summed E-state index contributed by atoms with van der Waals surface area (Å²) in [7, 11) is -3.13. The van der Waals surface area contributed by atoms with Gasteiger partial charge in [-0.1, -0.05) is 26.7 Å². The number of aliphatic hydroxyl groups is 1. The molecule has 0 aromatic rings. The minimum Gasteiger partial charge on any atom is -0.388 e. The van der Waals surface area contributed by atoms with Gasteiger partial charge in [-0.3, -0.25) is 4.99 Å². The van der Waals surface area contributed by atoms with Gasteiger partial charge in [0.25, 0.3) is 0 Å². The van der Waals surface area contributed by atoms with Gasteiger partial charge in [-0.2, -0.15) is 0 Å². The molecular weight excluding hydrogens is 443 g/mol. The molecule has 0 bridgehead atoms. The van der Waals surface area contributed by atoms with Crippen LogP contribution in [0, 0.1) is 0 Å². The summed E-state index contributed by atoms with van der Waals surface area (Å²) in [5, 5.41) is 16.9. The van der Waals surface area contributed by atoms with Crippen molar-refractivity contribution in [3.05, 3.63) is 0 Å². The van der Waals surface area contributed by atoms with E-state index in [2.05, 4.69) is 34.2 Å². The number of sulfonamides is 1. The molecule has 0 aromatic carbocycles. The Morgan fingerprint density at radius 3 is 2.12 bits per heavy atom. The summed E-state index contributed by atoms with van der Waals surface area (Å²) in [6.07, 6.45) is 5.13. The molecule has 0 atom stereocenters. The number of aliphatic imine (C=N–C) groups is 1. The van der Waals surface area contributed by atoms with Gasteiger partial charge in [-0.05, 0) is 26.2 Å². The molecule has 24 heavy (non-hydrogen) atoms. The fourth-order valence-corrected chi connectivity index (χ4v) is 2.85.